The van der Waals surface area contributed by atoms with Gasteiger partial charge in [-0.1, -0.05) is 29.8 Å². The highest BCUT2D eigenvalue weighted by atomic mass is 32.2. The Hall–Kier alpha value is -1.99. The largest absolute Gasteiger partial charge is 0.353 e. The minimum atomic E-state index is -3.02. The molecule has 0 atom stereocenters. The molecule has 0 spiro atoms. The summed E-state index contributed by atoms with van der Waals surface area (Å²) in [5, 5.41) is 4.25. The molecule has 136 valence electrons. The van der Waals surface area contributed by atoms with Gasteiger partial charge in [0.2, 0.25) is 5.95 Å². The van der Waals surface area contributed by atoms with Gasteiger partial charge in [-0.2, -0.15) is 0 Å². The van der Waals surface area contributed by atoms with E-state index in [9.17, 15) is 8.42 Å². The maximum Gasteiger partial charge on any atom is 0.224 e. The molecule has 0 radical (unpaired) electrons. The van der Waals surface area contributed by atoms with Crippen LogP contribution in [0.1, 0.15) is 22.4 Å². The van der Waals surface area contributed by atoms with E-state index in [-0.39, 0.29) is 5.75 Å². The number of aromatic nitrogens is 2. The number of benzene rings is 1. The molecule has 0 amide bonds. The summed E-state index contributed by atoms with van der Waals surface area (Å²) in [6.45, 7) is 2.38. The number of anilines is 1. The topological polar surface area (TPSA) is 72.0 Å². The predicted molar refractivity (Wildman–Crippen MR) is 108 cm³/mol. The fourth-order valence-corrected chi connectivity index (χ4v) is 5.08. The van der Waals surface area contributed by atoms with Gasteiger partial charge in [0, 0.05) is 28.6 Å². The summed E-state index contributed by atoms with van der Waals surface area (Å²) < 4.78 is 22.7. The molecule has 0 fully saturated rings. The van der Waals surface area contributed by atoms with Crippen molar-refractivity contribution in [2.45, 2.75) is 26.2 Å². The molecular weight excluding hydrogens is 366 g/mol. The second-order valence-electron chi connectivity index (χ2n) is 6.86. The Morgan fingerprint density at radius 1 is 1.15 bits per heavy atom. The fraction of sp³-hybridized carbons (Fsp3) is 0.368. The van der Waals surface area contributed by atoms with Crippen molar-refractivity contribution in [2.24, 2.45) is 0 Å². The maximum absolute atomic E-state index is 11.4. The van der Waals surface area contributed by atoms with Crippen molar-refractivity contribution < 1.29 is 8.42 Å². The molecule has 0 bridgehead atoms. The maximum atomic E-state index is 11.4. The van der Waals surface area contributed by atoms with Crippen LogP contribution in [-0.4, -0.2) is 36.9 Å². The molecule has 1 aliphatic carbocycles. The highest BCUT2D eigenvalue weighted by molar-refractivity contribution is 7.90. The molecule has 2 heterocycles. The highest BCUT2D eigenvalue weighted by Gasteiger charge is 2.23. The van der Waals surface area contributed by atoms with Crippen LogP contribution < -0.4 is 5.32 Å². The van der Waals surface area contributed by atoms with Gasteiger partial charge in [0.15, 0.2) is 0 Å². The molecule has 3 aromatic rings. The van der Waals surface area contributed by atoms with Crippen LogP contribution in [0.2, 0.25) is 0 Å². The van der Waals surface area contributed by atoms with Crippen molar-refractivity contribution >= 4 is 37.3 Å². The molecule has 0 unspecified atom stereocenters. The zero-order valence-electron chi connectivity index (χ0n) is 14.9. The number of sulfone groups is 1. The molecule has 7 heteroatoms. The Morgan fingerprint density at radius 3 is 2.65 bits per heavy atom. The van der Waals surface area contributed by atoms with Crippen LogP contribution in [0.15, 0.2) is 24.3 Å². The summed E-state index contributed by atoms with van der Waals surface area (Å²) >= 11 is 1.74. The van der Waals surface area contributed by atoms with E-state index in [1.165, 1.54) is 34.1 Å². The summed E-state index contributed by atoms with van der Waals surface area (Å²) in [4.78, 5) is 11.8. The minimum Gasteiger partial charge on any atom is -0.353 e. The van der Waals surface area contributed by atoms with E-state index in [1.54, 1.807) is 11.3 Å². The normalized spacial score (nSPS) is 13.9. The SMILES string of the molecule is Cc1ccc(-c2nc(NCCS(C)(=O)=O)nc3sc4c(c23)CCC4)cc1. The second kappa shape index (κ2) is 6.63. The lowest BCUT2D eigenvalue weighted by molar-refractivity contribution is 0.602. The van der Waals surface area contributed by atoms with Crippen LogP contribution in [-0.2, 0) is 22.7 Å². The quantitative estimate of drug-likeness (QED) is 0.724. The Labute approximate surface area is 157 Å². The lowest BCUT2D eigenvalue weighted by Gasteiger charge is -2.09. The van der Waals surface area contributed by atoms with Gasteiger partial charge in [-0.25, -0.2) is 18.4 Å². The van der Waals surface area contributed by atoms with Gasteiger partial charge in [-0.05, 0) is 31.7 Å². The number of fused-ring (bicyclic) bond motifs is 3. The summed E-state index contributed by atoms with van der Waals surface area (Å²) in [7, 11) is -3.02. The predicted octanol–water partition coefficient (Wildman–Crippen LogP) is 3.61. The van der Waals surface area contributed by atoms with Crippen molar-refractivity contribution in [3.8, 4) is 11.3 Å². The van der Waals surface area contributed by atoms with E-state index in [2.05, 4.69) is 41.5 Å². The lowest BCUT2D eigenvalue weighted by atomic mass is 10.0. The van der Waals surface area contributed by atoms with E-state index in [4.69, 9.17) is 4.98 Å². The number of hydrogen-bond acceptors (Lipinski definition) is 6. The van der Waals surface area contributed by atoms with E-state index >= 15 is 0 Å². The minimum absolute atomic E-state index is 0.0647. The van der Waals surface area contributed by atoms with Gasteiger partial charge >= 0.3 is 0 Å². The van der Waals surface area contributed by atoms with Gasteiger partial charge < -0.3 is 5.32 Å². The number of rotatable bonds is 5. The summed E-state index contributed by atoms with van der Waals surface area (Å²) in [6.07, 6.45) is 4.62. The first-order valence-electron chi connectivity index (χ1n) is 8.71. The Bertz CT molecular complexity index is 1070. The van der Waals surface area contributed by atoms with E-state index < -0.39 is 9.84 Å². The smallest absolute Gasteiger partial charge is 0.224 e. The molecule has 1 N–H and O–H groups in total. The molecule has 1 aromatic carbocycles. The van der Waals surface area contributed by atoms with E-state index in [0.29, 0.717) is 12.5 Å². The number of nitrogens with zero attached hydrogens (tertiary/aromatic N) is 2. The van der Waals surface area contributed by atoms with Crippen molar-refractivity contribution in [1.82, 2.24) is 9.97 Å². The molecule has 0 aliphatic heterocycles. The monoisotopic (exact) mass is 387 g/mol. The zero-order valence-corrected chi connectivity index (χ0v) is 16.5. The molecular formula is C19H21N3O2S2. The van der Waals surface area contributed by atoms with Crippen LogP contribution in [0.3, 0.4) is 0 Å². The Kier molecular flexibility index (Phi) is 4.44. The van der Waals surface area contributed by atoms with Gasteiger partial charge in [-0.3, -0.25) is 0 Å². The van der Waals surface area contributed by atoms with Crippen LogP contribution in [0, 0.1) is 6.92 Å². The summed E-state index contributed by atoms with van der Waals surface area (Å²) in [5.74, 6) is 0.562. The van der Waals surface area contributed by atoms with Gasteiger partial charge in [-0.15, -0.1) is 11.3 Å². The second-order valence-corrected chi connectivity index (χ2v) is 10.2. The number of aryl methyl sites for hydroxylation is 3. The first-order chi connectivity index (χ1) is 12.4. The standard InChI is InChI=1S/C19H21N3O2S2/c1-12-6-8-13(9-7-12)17-16-14-4-3-5-15(14)25-18(16)22-19(21-17)20-10-11-26(2,23)24/h6-9H,3-5,10-11H2,1-2H3,(H,20,21,22). The van der Waals surface area contributed by atoms with Gasteiger partial charge in [0.05, 0.1) is 11.4 Å². The Morgan fingerprint density at radius 2 is 1.92 bits per heavy atom. The summed E-state index contributed by atoms with van der Waals surface area (Å²) in [6, 6.07) is 8.37. The fourth-order valence-electron chi connectivity index (χ4n) is 3.34. The summed E-state index contributed by atoms with van der Waals surface area (Å²) in [5.41, 5.74) is 4.61. The molecule has 0 saturated heterocycles. The van der Waals surface area contributed by atoms with Gasteiger partial charge in [0.1, 0.15) is 14.7 Å². The van der Waals surface area contributed by atoms with Crippen molar-refractivity contribution in [3.05, 3.63) is 40.3 Å². The number of hydrogen-bond donors (Lipinski definition) is 1. The third-order valence-electron chi connectivity index (χ3n) is 4.65. The number of thiophene rings is 1. The van der Waals surface area contributed by atoms with Crippen LogP contribution >= 0.6 is 11.3 Å². The van der Waals surface area contributed by atoms with Gasteiger partial charge in [0.25, 0.3) is 0 Å². The zero-order chi connectivity index (χ0) is 18.3. The first-order valence-corrected chi connectivity index (χ1v) is 11.6. The van der Waals surface area contributed by atoms with Crippen molar-refractivity contribution in [1.29, 1.82) is 0 Å². The average molecular weight is 388 g/mol. The molecule has 4 rings (SSSR count). The first kappa shape index (κ1) is 17.4. The van der Waals surface area contributed by atoms with Crippen LogP contribution in [0.25, 0.3) is 21.5 Å². The van der Waals surface area contributed by atoms with Crippen molar-refractivity contribution in [3.63, 3.8) is 0 Å². The van der Waals surface area contributed by atoms with Crippen molar-refractivity contribution in [2.75, 3.05) is 23.9 Å². The molecule has 0 saturated carbocycles. The molecule has 26 heavy (non-hydrogen) atoms. The molecule has 2 aromatic heterocycles. The molecule has 1 aliphatic rings. The average Bonchev–Trinajstić information content (AvgIpc) is 3.14. The lowest BCUT2D eigenvalue weighted by Crippen LogP contribution is -2.15. The van der Waals surface area contributed by atoms with Crippen LogP contribution in [0.5, 0.6) is 0 Å². The third kappa shape index (κ3) is 3.46. The van der Waals surface area contributed by atoms with E-state index in [0.717, 1.165) is 28.9 Å². The molecule has 5 nitrogen and oxygen atoms in total. The third-order valence-corrected chi connectivity index (χ3v) is 6.78. The van der Waals surface area contributed by atoms with E-state index in [1.807, 2.05) is 0 Å². The number of nitrogens with one attached hydrogen (secondary N) is 1. The Balaban J connectivity index is 1.79. The highest BCUT2D eigenvalue weighted by Crippen LogP contribution is 2.41. The van der Waals surface area contributed by atoms with Crippen LogP contribution in [0.4, 0.5) is 5.95 Å².